The maximum atomic E-state index is 11.6. The second-order valence-corrected chi connectivity index (χ2v) is 6.51. The van der Waals surface area contributed by atoms with E-state index in [0.29, 0.717) is 12.8 Å². The van der Waals surface area contributed by atoms with E-state index in [1.54, 1.807) is 6.92 Å². The van der Waals surface area contributed by atoms with Gasteiger partial charge < -0.3 is 10.2 Å². The van der Waals surface area contributed by atoms with Crippen molar-refractivity contribution in [3.63, 3.8) is 0 Å². The first-order chi connectivity index (χ1) is 8.85. The zero-order chi connectivity index (χ0) is 14.5. The van der Waals surface area contributed by atoms with Crippen LogP contribution in [0.3, 0.4) is 0 Å². The summed E-state index contributed by atoms with van der Waals surface area (Å²) in [6.07, 6.45) is 1.96. The first-order valence-corrected chi connectivity index (χ1v) is 7.99. The molecule has 0 radical (unpaired) electrons. The molecule has 0 bridgehead atoms. The smallest absolute Gasteiger partial charge is 0.211 e. The summed E-state index contributed by atoms with van der Waals surface area (Å²) in [6.45, 7) is 4.04. The molecule has 6 heteroatoms. The predicted octanol–water partition coefficient (Wildman–Crippen LogP) is 1.67. The highest BCUT2D eigenvalue weighted by molar-refractivity contribution is 7.89. The summed E-state index contributed by atoms with van der Waals surface area (Å²) in [4.78, 5) is 0. The van der Waals surface area contributed by atoms with Crippen molar-refractivity contribution in [3.8, 4) is 11.5 Å². The lowest BCUT2D eigenvalue weighted by atomic mass is 10.1. The standard InChI is InChI=1S/C13H21NO4S/c1-3-4-7-19(17,18)14-6-5-11-9-13(16)12(15)8-10(11)2/h8-9,14-16H,3-7H2,1-2H3. The fraction of sp³-hybridized carbons (Fsp3) is 0.538. The summed E-state index contributed by atoms with van der Waals surface area (Å²) in [5.74, 6) is -0.206. The molecule has 0 aliphatic carbocycles. The molecule has 5 nitrogen and oxygen atoms in total. The van der Waals surface area contributed by atoms with Gasteiger partial charge >= 0.3 is 0 Å². The number of phenols is 2. The Kier molecular flexibility index (Phi) is 5.62. The van der Waals surface area contributed by atoms with Crippen LogP contribution in [0.4, 0.5) is 0 Å². The highest BCUT2D eigenvalue weighted by Crippen LogP contribution is 2.27. The van der Waals surface area contributed by atoms with Gasteiger partial charge in [0, 0.05) is 6.54 Å². The molecule has 108 valence electrons. The predicted molar refractivity (Wildman–Crippen MR) is 74.9 cm³/mol. The van der Waals surface area contributed by atoms with E-state index in [1.165, 1.54) is 12.1 Å². The van der Waals surface area contributed by atoms with Gasteiger partial charge in [-0.05, 0) is 43.0 Å². The molecule has 0 aliphatic heterocycles. The molecule has 0 amide bonds. The largest absolute Gasteiger partial charge is 0.504 e. The number of aryl methyl sites for hydroxylation is 1. The third-order valence-corrected chi connectivity index (χ3v) is 4.39. The summed E-state index contributed by atoms with van der Waals surface area (Å²) >= 11 is 0. The first-order valence-electron chi connectivity index (χ1n) is 6.34. The molecular weight excluding hydrogens is 266 g/mol. The van der Waals surface area contributed by atoms with Crippen LogP contribution in [-0.4, -0.2) is 30.9 Å². The van der Waals surface area contributed by atoms with Crippen molar-refractivity contribution in [1.82, 2.24) is 4.72 Å². The van der Waals surface area contributed by atoms with Crippen LogP contribution in [0.2, 0.25) is 0 Å². The van der Waals surface area contributed by atoms with Crippen molar-refractivity contribution in [3.05, 3.63) is 23.3 Å². The van der Waals surface area contributed by atoms with Gasteiger partial charge in [0.15, 0.2) is 11.5 Å². The monoisotopic (exact) mass is 287 g/mol. The third kappa shape index (κ3) is 5.08. The van der Waals surface area contributed by atoms with E-state index in [0.717, 1.165) is 17.5 Å². The van der Waals surface area contributed by atoms with Crippen LogP contribution in [0.25, 0.3) is 0 Å². The molecule has 1 aromatic rings. The minimum Gasteiger partial charge on any atom is -0.504 e. The Labute approximate surface area is 114 Å². The lowest BCUT2D eigenvalue weighted by Crippen LogP contribution is -2.28. The quantitative estimate of drug-likeness (QED) is 0.666. The molecule has 0 aliphatic rings. The molecule has 0 unspecified atom stereocenters. The Morgan fingerprint density at radius 2 is 1.84 bits per heavy atom. The second kappa shape index (κ2) is 6.77. The van der Waals surface area contributed by atoms with E-state index in [9.17, 15) is 18.6 Å². The van der Waals surface area contributed by atoms with E-state index < -0.39 is 10.0 Å². The summed E-state index contributed by atoms with van der Waals surface area (Å²) in [7, 11) is -3.21. The molecule has 0 spiro atoms. The number of hydrogen-bond donors (Lipinski definition) is 3. The van der Waals surface area contributed by atoms with Crippen molar-refractivity contribution < 1.29 is 18.6 Å². The molecule has 0 saturated heterocycles. The van der Waals surface area contributed by atoms with Gasteiger partial charge in [0.25, 0.3) is 0 Å². The van der Waals surface area contributed by atoms with E-state index >= 15 is 0 Å². The number of aromatic hydroxyl groups is 2. The van der Waals surface area contributed by atoms with Gasteiger partial charge in [0.2, 0.25) is 10.0 Å². The maximum Gasteiger partial charge on any atom is 0.211 e. The Hall–Kier alpha value is -1.27. The van der Waals surface area contributed by atoms with Crippen molar-refractivity contribution in [2.75, 3.05) is 12.3 Å². The summed E-state index contributed by atoms with van der Waals surface area (Å²) in [5.41, 5.74) is 1.64. The van der Waals surface area contributed by atoms with Crippen LogP contribution >= 0.6 is 0 Å². The Morgan fingerprint density at radius 3 is 2.47 bits per heavy atom. The third-order valence-electron chi connectivity index (χ3n) is 2.92. The zero-order valence-corrected chi connectivity index (χ0v) is 12.1. The van der Waals surface area contributed by atoms with E-state index in [1.807, 2.05) is 6.92 Å². The van der Waals surface area contributed by atoms with Gasteiger partial charge in [-0.25, -0.2) is 13.1 Å². The van der Waals surface area contributed by atoms with Crippen LogP contribution in [0, 0.1) is 6.92 Å². The summed E-state index contributed by atoms with van der Waals surface area (Å²) in [6, 6.07) is 2.93. The maximum absolute atomic E-state index is 11.6. The minimum atomic E-state index is -3.21. The molecular formula is C13H21NO4S. The molecule has 0 fully saturated rings. The molecule has 0 saturated carbocycles. The lowest BCUT2D eigenvalue weighted by Gasteiger charge is -2.09. The highest BCUT2D eigenvalue weighted by atomic mass is 32.2. The van der Waals surface area contributed by atoms with Gasteiger partial charge in [-0.3, -0.25) is 0 Å². The van der Waals surface area contributed by atoms with Crippen molar-refractivity contribution >= 4 is 10.0 Å². The van der Waals surface area contributed by atoms with E-state index in [4.69, 9.17) is 0 Å². The van der Waals surface area contributed by atoms with Gasteiger partial charge in [-0.15, -0.1) is 0 Å². The normalized spacial score (nSPS) is 11.7. The van der Waals surface area contributed by atoms with Crippen LogP contribution in [-0.2, 0) is 16.4 Å². The van der Waals surface area contributed by atoms with Crippen molar-refractivity contribution in [1.29, 1.82) is 0 Å². The van der Waals surface area contributed by atoms with E-state index in [-0.39, 0.29) is 23.8 Å². The van der Waals surface area contributed by atoms with Crippen LogP contribution < -0.4 is 4.72 Å². The highest BCUT2D eigenvalue weighted by Gasteiger charge is 2.10. The zero-order valence-electron chi connectivity index (χ0n) is 11.3. The van der Waals surface area contributed by atoms with Crippen LogP contribution in [0.15, 0.2) is 12.1 Å². The van der Waals surface area contributed by atoms with Crippen LogP contribution in [0.5, 0.6) is 11.5 Å². The number of nitrogens with one attached hydrogen (secondary N) is 1. The number of sulfonamides is 1. The average Bonchev–Trinajstić information content (AvgIpc) is 2.33. The number of hydrogen-bond acceptors (Lipinski definition) is 4. The SMILES string of the molecule is CCCCS(=O)(=O)NCCc1cc(O)c(O)cc1C. The summed E-state index contributed by atoms with van der Waals surface area (Å²) in [5, 5.41) is 18.7. The van der Waals surface area contributed by atoms with Crippen molar-refractivity contribution in [2.24, 2.45) is 0 Å². The fourth-order valence-electron chi connectivity index (χ4n) is 1.74. The second-order valence-electron chi connectivity index (χ2n) is 4.58. The number of rotatable bonds is 7. The number of benzene rings is 1. The Bertz CT molecular complexity index is 526. The molecule has 0 heterocycles. The number of unbranched alkanes of at least 4 members (excludes halogenated alkanes) is 1. The molecule has 3 N–H and O–H groups in total. The summed E-state index contributed by atoms with van der Waals surface area (Å²) < 4.78 is 25.7. The lowest BCUT2D eigenvalue weighted by molar-refractivity contribution is 0.402. The van der Waals surface area contributed by atoms with Crippen LogP contribution in [0.1, 0.15) is 30.9 Å². The first kappa shape index (κ1) is 15.8. The van der Waals surface area contributed by atoms with Gasteiger partial charge in [-0.1, -0.05) is 13.3 Å². The average molecular weight is 287 g/mol. The Balaban J connectivity index is 2.56. The molecule has 0 atom stereocenters. The molecule has 1 aromatic carbocycles. The van der Waals surface area contributed by atoms with Gasteiger partial charge in [-0.2, -0.15) is 0 Å². The molecule has 19 heavy (non-hydrogen) atoms. The van der Waals surface area contributed by atoms with Crippen molar-refractivity contribution in [2.45, 2.75) is 33.1 Å². The van der Waals surface area contributed by atoms with E-state index in [2.05, 4.69) is 4.72 Å². The fourth-order valence-corrected chi connectivity index (χ4v) is 2.97. The molecule has 0 aromatic heterocycles. The Morgan fingerprint density at radius 1 is 1.21 bits per heavy atom. The van der Waals surface area contributed by atoms with Gasteiger partial charge in [0.05, 0.1) is 5.75 Å². The minimum absolute atomic E-state index is 0.142. The number of phenolic OH excluding ortho intramolecular Hbond substituents is 2. The topological polar surface area (TPSA) is 86.6 Å². The molecule has 1 rings (SSSR count). The van der Waals surface area contributed by atoms with Gasteiger partial charge in [0.1, 0.15) is 0 Å².